The van der Waals surface area contributed by atoms with E-state index in [-0.39, 0.29) is 11.9 Å². The van der Waals surface area contributed by atoms with Crippen LogP contribution in [0.25, 0.3) is 6.08 Å². The van der Waals surface area contributed by atoms with Crippen molar-refractivity contribution in [2.75, 3.05) is 0 Å². The number of benzene rings is 1. The second kappa shape index (κ2) is 12.4. The Labute approximate surface area is 169 Å². The van der Waals surface area contributed by atoms with E-state index in [0.29, 0.717) is 5.75 Å². The molecule has 2 rings (SSSR count). The second-order valence-electron chi connectivity index (χ2n) is 7.94. The minimum atomic E-state index is -0.984. The number of unbranched alkanes of at least 4 members (excludes halogenated alkanes) is 5. The molecule has 28 heavy (non-hydrogen) atoms. The van der Waals surface area contributed by atoms with Crippen LogP contribution in [0.4, 0.5) is 0 Å². The molecule has 4 nitrogen and oxygen atoms in total. The van der Waals surface area contributed by atoms with Gasteiger partial charge < -0.3 is 9.84 Å². The van der Waals surface area contributed by atoms with Crippen LogP contribution in [-0.2, 0) is 9.59 Å². The smallest absolute Gasteiger partial charge is 0.328 e. The monoisotopic (exact) mass is 386 g/mol. The molecule has 4 heteroatoms. The lowest BCUT2D eigenvalue weighted by Gasteiger charge is -2.27. The summed E-state index contributed by atoms with van der Waals surface area (Å²) in [5.74, 6) is 0.184. The molecule has 1 aliphatic rings. The molecule has 0 aliphatic heterocycles. The Hall–Kier alpha value is -2.10. The SMILES string of the molecule is CCCCCCCCC1CCC(C(=O)Oc2ccc(/C=C/C(=O)O)cc2)CC1. The molecule has 154 valence electrons. The van der Waals surface area contributed by atoms with Crippen molar-refractivity contribution in [1.82, 2.24) is 0 Å². The number of carbonyl (C=O) groups is 2. The van der Waals surface area contributed by atoms with Gasteiger partial charge in [-0.3, -0.25) is 4.79 Å². The standard InChI is InChI=1S/C24H34O4/c1-2-3-4-5-6-7-8-19-9-14-21(15-10-19)24(27)28-22-16-11-20(12-17-22)13-18-23(25)26/h11-13,16-19,21H,2-10,14-15H2,1H3,(H,25,26)/b18-13+. The highest BCUT2D eigenvalue weighted by Crippen LogP contribution is 2.33. The van der Waals surface area contributed by atoms with Gasteiger partial charge in [0.05, 0.1) is 5.92 Å². The molecule has 0 atom stereocenters. The van der Waals surface area contributed by atoms with Crippen molar-refractivity contribution >= 4 is 18.0 Å². The summed E-state index contributed by atoms with van der Waals surface area (Å²) >= 11 is 0. The summed E-state index contributed by atoms with van der Waals surface area (Å²) in [6.07, 6.45) is 16.1. The van der Waals surface area contributed by atoms with E-state index in [1.165, 1.54) is 51.0 Å². The molecule has 0 spiro atoms. The zero-order valence-corrected chi connectivity index (χ0v) is 17.1. The van der Waals surface area contributed by atoms with Crippen LogP contribution in [0.1, 0.15) is 83.1 Å². The average molecular weight is 387 g/mol. The lowest BCUT2D eigenvalue weighted by atomic mass is 9.80. The molecule has 0 saturated heterocycles. The van der Waals surface area contributed by atoms with Crippen LogP contribution >= 0.6 is 0 Å². The molecule has 1 aromatic carbocycles. The molecule has 0 heterocycles. The molecule has 0 amide bonds. The molecular weight excluding hydrogens is 352 g/mol. The first-order valence-electron chi connectivity index (χ1n) is 10.8. The summed E-state index contributed by atoms with van der Waals surface area (Å²) < 4.78 is 5.53. The summed E-state index contributed by atoms with van der Waals surface area (Å²) in [5.41, 5.74) is 0.761. The zero-order valence-electron chi connectivity index (χ0n) is 17.1. The molecule has 0 unspecified atom stereocenters. The summed E-state index contributed by atoms with van der Waals surface area (Å²) in [6.45, 7) is 2.25. The van der Waals surface area contributed by atoms with Crippen molar-refractivity contribution < 1.29 is 19.4 Å². The highest BCUT2D eigenvalue weighted by molar-refractivity contribution is 5.85. The van der Waals surface area contributed by atoms with Crippen LogP contribution in [0.3, 0.4) is 0 Å². The maximum Gasteiger partial charge on any atom is 0.328 e. The third kappa shape index (κ3) is 8.28. The zero-order chi connectivity index (χ0) is 20.2. The number of ether oxygens (including phenoxy) is 1. The molecule has 1 N–H and O–H groups in total. The second-order valence-corrected chi connectivity index (χ2v) is 7.94. The summed E-state index contributed by atoms with van der Waals surface area (Å²) in [4.78, 5) is 23.0. The Balaban J connectivity index is 1.67. The van der Waals surface area contributed by atoms with Crippen LogP contribution < -0.4 is 4.74 Å². The Morgan fingerprint density at radius 3 is 2.29 bits per heavy atom. The van der Waals surface area contributed by atoms with E-state index in [0.717, 1.165) is 43.2 Å². The molecule has 1 aromatic rings. The Morgan fingerprint density at radius 1 is 1.00 bits per heavy atom. The third-order valence-electron chi connectivity index (χ3n) is 5.66. The van der Waals surface area contributed by atoms with E-state index in [9.17, 15) is 9.59 Å². The molecule has 1 saturated carbocycles. The van der Waals surface area contributed by atoms with Crippen LogP contribution in [0, 0.1) is 11.8 Å². The Morgan fingerprint density at radius 2 is 1.64 bits per heavy atom. The normalized spacial score (nSPS) is 19.6. The quantitative estimate of drug-likeness (QED) is 0.211. The highest BCUT2D eigenvalue weighted by Gasteiger charge is 2.27. The topological polar surface area (TPSA) is 63.6 Å². The number of carboxylic acids is 1. The maximum atomic E-state index is 12.4. The van der Waals surface area contributed by atoms with Gasteiger partial charge >= 0.3 is 11.9 Å². The summed E-state index contributed by atoms with van der Waals surface area (Å²) in [6, 6.07) is 6.92. The maximum absolute atomic E-state index is 12.4. The number of hydrogen-bond donors (Lipinski definition) is 1. The van der Waals surface area contributed by atoms with Gasteiger partial charge in [-0.2, -0.15) is 0 Å². The highest BCUT2D eigenvalue weighted by atomic mass is 16.5. The fourth-order valence-electron chi connectivity index (χ4n) is 3.91. The number of aliphatic carboxylic acids is 1. The van der Waals surface area contributed by atoms with Crippen LogP contribution in [0.5, 0.6) is 5.75 Å². The number of carbonyl (C=O) groups excluding carboxylic acids is 1. The van der Waals surface area contributed by atoms with E-state index in [4.69, 9.17) is 9.84 Å². The van der Waals surface area contributed by atoms with Crippen LogP contribution in [-0.4, -0.2) is 17.0 Å². The van der Waals surface area contributed by atoms with E-state index >= 15 is 0 Å². The van der Waals surface area contributed by atoms with Gasteiger partial charge in [-0.25, -0.2) is 4.79 Å². The molecule has 1 fully saturated rings. The minimum absolute atomic E-state index is 0.00684. The third-order valence-corrected chi connectivity index (χ3v) is 5.66. The summed E-state index contributed by atoms with van der Waals surface area (Å²) in [7, 11) is 0. The molecule has 0 aromatic heterocycles. The van der Waals surface area contributed by atoms with Gasteiger partial charge in [0, 0.05) is 6.08 Å². The van der Waals surface area contributed by atoms with Gasteiger partial charge in [-0.15, -0.1) is 0 Å². The van der Waals surface area contributed by atoms with Gasteiger partial charge in [-0.1, -0.05) is 64.0 Å². The van der Waals surface area contributed by atoms with Crippen LogP contribution in [0.2, 0.25) is 0 Å². The van der Waals surface area contributed by atoms with Gasteiger partial charge in [-0.05, 0) is 55.4 Å². The van der Waals surface area contributed by atoms with E-state index in [1.54, 1.807) is 24.3 Å². The fourth-order valence-corrected chi connectivity index (χ4v) is 3.91. The predicted molar refractivity (Wildman–Crippen MR) is 112 cm³/mol. The van der Waals surface area contributed by atoms with Crippen molar-refractivity contribution in [3.63, 3.8) is 0 Å². The molecule has 0 radical (unpaired) electrons. The predicted octanol–water partition coefficient (Wildman–Crippen LogP) is 6.25. The molecule has 1 aliphatic carbocycles. The number of hydrogen-bond acceptors (Lipinski definition) is 3. The number of carboxylic acid groups (broad SMARTS) is 1. The van der Waals surface area contributed by atoms with Gasteiger partial charge in [0.15, 0.2) is 0 Å². The van der Waals surface area contributed by atoms with E-state index in [1.807, 2.05) is 0 Å². The Kier molecular flexibility index (Phi) is 9.81. The van der Waals surface area contributed by atoms with Crippen LogP contribution in [0.15, 0.2) is 30.3 Å². The van der Waals surface area contributed by atoms with Gasteiger partial charge in [0.25, 0.3) is 0 Å². The van der Waals surface area contributed by atoms with Gasteiger partial charge in [0.2, 0.25) is 0 Å². The molecular formula is C24H34O4. The first-order chi connectivity index (χ1) is 13.6. The summed E-state index contributed by atoms with van der Waals surface area (Å²) in [5, 5.41) is 8.65. The lowest BCUT2D eigenvalue weighted by Crippen LogP contribution is -2.25. The van der Waals surface area contributed by atoms with Crippen molar-refractivity contribution in [1.29, 1.82) is 0 Å². The average Bonchev–Trinajstić information content (AvgIpc) is 2.70. The van der Waals surface area contributed by atoms with Crippen molar-refractivity contribution in [3.05, 3.63) is 35.9 Å². The minimum Gasteiger partial charge on any atom is -0.478 e. The first kappa shape index (κ1) is 22.2. The van der Waals surface area contributed by atoms with Crippen molar-refractivity contribution in [3.8, 4) is 5.75 Å². The number of rotatable bonds is 11. The van der Waals surface area contributed by atoms with Crippen molar-refractivity contribution in [2.45, 2.75) is 77.6 Å². The first-order valence-corrected chi connectivity index (χ1v) is 10.8. The molecule has 0 bridgehead atoms. The van der Waals surface area contributed by atoms with E-state index in [2.05, 4.69) is 6.92 Å². The van der Waals surface area contributed by atoms with Gasteiger partial charge in [0.1, 0.15) is 5.75 Å². The fraction of sp³-hybridized carbons (Fsp3) is 0.583. The van der Waals surface area contributed by atoms with E-state index < -0.39 is 5.97 Å². The number of esters is 1. The Bertz CT molecular complexity index is 625. The lowest BCUT2D eigenvalue weighted by molar-refractivity contribution is -0.140. The largest absolute Gasteiger partial charge is 0.478 e. The van der Waals surface area contributed by atoms with Crippen molar-refractivity contribution in [2.24, 2.45) is 11.8 Å².